The van der Waals surface area contributed by atoms with E-state index in [1.165, 1.54) is 29.9 Å². The molecule has 0 atom stereocenters. The standard InChI is InChI=1S/C17H22N4O5S/c1-6-26-17(23)12-7-13(9(2)3)27-16(12)18-14(22)8-20-11(5)15(21(24)25)10(4)19-20/h7,9H,6,8H2,1-5H3,(H,18,22). The third-order valence-electron chi connectivity index (χ3n) is 3.89. The van der Waals surface area contributed by atoms with Gasteiger partial charge in [0.25, 0.3) is 0 Å². The van der Waals surface area contributed by atoms with E-state index in [-0.39, 0.29) is 30.5 Å². The number of aromatic nitrogens is 2. The Bertz CT molecular complexity index is 884. The van der Waals surface area contributed by atoms with Gasteiger partial charge < -0.3 is 10.1 Å². The number of carbonyl (C=O) groups excluding carboxylic acids is 2. The lowest BCUT2D eigenvalue weighted by atomic mass is 10.1. The molecule has 0 aromatic carbocycles. The molecule has 0 bridgehead atoms. The zero-order valence-corrected chi connectivity index (χ0v) is 16.7. The predicted molar refractivity (Wildman–Crippen MR) is 101 cm³/mol. The molecule has 27 heavy (non-hydrogen) atoms. The molecule has 0 radical (unpaired) electrons. The van der Waals surface area contributed by atoms with Crippen molar-refractivity contribution in [2.45, 2.75) is 47.1 Å². The predicted octanol–water partition coefficient (Wildman–Crippen LogP) is 3.41. The number of ether oxygens (including phenoxy) is 1. The van der Waals surface area contributed by atoms with E-state index in [1.54, 1.807) is 13.0 Å². The maximum atomic E-state index is 12.4. The highest BCUT2D eigenvalue weighted by Gasteiger charge is 2.24. The average molecular weight is 394 g/mol. The highest BCUT2D eigenvalue weighted by atomic mass is 32.1. The fourth-order valence-corrected chi connectivity index (χ4v) is 3.62. The number of anilines is 1. The Balaban J connectivity index is 2.24. The van der Waals surface area contributed by atoms with Crippen molar-refractivity contribution in [3.8, 4) is 0 Å². The van der Waals surface area contributed by atoms with Crippen LogP contribution < -0.4 is 5.32 Å². The molecule has 1 N–H and O–H groups in total. The molecule has 2 aromatic heterocycles. The number of esters is 1. The first kappa shape index (κ1) is 20.6. The lowest BCUT2D eigenvalue weighted by molar-refractivity contribution is -0.386. The van der Waals surface area contributed by atoms with Crippen molar-refractivity contribution in [3.05, 3.63) is 38.0 Å². The van der Waals surface area contributed by atoms with Gasteiger partial charge in [-0.15, -0.1) is 11.3 Å². The van der Waals surface area contributed by atoms with Crippen LogP contribution in [-0.4, -0.2) is 33.2 Å². The van der Waals surface area contributed by atoms with Crippen LogP contribution in [0, 0.1) is 24.0 Å². The number of carbonyl (C=O) groups is 2. The molecule has 9 nitrogen and oxygen atoms in total. The number of nitro groups is 1. The lowest BCUT2D eigenvalue weighted by Crippen LogP contribution is -2.21. The van der Waals surface area contributed by atoms with Gasteiger partial charge in [-0.05, 0) is 32.8 Å². The van der Waals surface area contributed by atoms with Crippen molar-refractivity contribution in [1.29, 1.82) is 0 Å². The quantitative estimate of drug-likeness (QED) is 0.437. The van der Waals surface area contributed by atoms with Crippen LogP contribution >= 0.6 is 11.3 Å². The topological polar surface area (TPSA) is 116 Å². The van der Waals surface area contributed by atoms with Gasteiger partial charge in [0.2, 0.25) is 5.91 Å². The number of amides is 1. The first-order valence-electron chi connectivity index (χ1n) is 8.44. The van der Waals surface area contributed by atoms with Gasteiger partial charge in [0.15, 0.2) is 0 Å². The fraction of sp³-hybridized carbons (Fsp3) is 0.471. The molecule has 146 valence electrons. The van der Waals surface area contributed by atoms with Gasteiger partial charge in [0, 0.05) is 4.88 Å². The number of rotatable bonds is 7. The lowest BCUT2D eigenvalue weighted by Gasteiger charge is -2.07. The molecule has 10 heteroatoms. The zero-order chi connectivity index (χ0) is 20.3. The minimum Gasteiger partial charge on any atom is -0.462 e. The van der Waals surface area contributed by atoms with Gasteiger partial charge in [0.05, 0.1) is 17.1 Å². The number of nitrogens with zero attached hydrogens (tertiary/aromatic N) is 3. The van der Waals surface area contributed by atoms with Crippen molar-refractivity contribution in [2.75, 3.05) is 11.9 Å². The molecule has 0 aliphatic heterocycles. The van der Waals surface area contributed by atoms with Crippen molar-refractivity contribution in [1.82, 2.24) is 9.78 Å². The Kier molecular flexibility index (Phi) is 6.32. The van der Waals surface area contributed by atoms with Crippen LogP contribution in [0.25, 0.3) is 0 Å². The Morgan fingerprint density at radius 1 is 1.41 bits per heavy atom. The third-order valence-corrected chi connectivity index (χ3v) is 5.24. The van der Waals surface area contributed by atoms with Crippen molar-refractivity contribution in [2.24, 2.45) is 0 Å². The molecule has 2 rings (SSSR count). The second kappa shape index (κ2) is 8.30. The second-order valence-electron chi connectivity index (χ2n) is 6.25. The van der Waals surface area contributed by atoms with Crippen LogP contribution in [0.15, 0.2) is 6.07 Å². The Morgan fingerprint density at radius 3 is 2.59 bits per heavy atom. The molecule has 0 saturated heterocycles. The molecule has 0 unspecified atom stereocenters. The summed E-state index contributed by atoms with van der Waals surface area (Å²) in [7, 11) is 0. The largest absolute Gasteiger partial charge is 0.462 e. The summed E-state index contributed by atoms with van der Waals surface area (Å²) in [5.41, 5.74) is 0.745. The number of hydrogen-bond donors (Lipinski definition) is 1. The highest BCUT2D eigenvalue weighted by Crippen LogP contribution is 2.33. The SMILES string of the molecule is CCOC(=O)c1cc(C(C)C)sc1NC(=O)Cn1nc(C)c([N+](=O)[O-])c1C. The van der Waals surface area contributed by atoms with Crippen molar-refractivity contribution >= 4 is 33.9 Å². The van der Waals surface area contributed by atoms with E-state index in [4.69, 9.17) is 4.74 Å². The molecule has 1 amide bonds. The first-order chi connectivity index (χ1) is 12.6. The van der Waals surface area contributed by atoms with E-state index in [2.05, 4.69) is 10.4 Å². The molecule has 2 aromatic rings. The van der Waals surface area contributed by atoms with Crippen LogP contribution in [-0.2, 0) is 16.1 Å². The zero-order valence-electron chi connectivity index (χ0n) is 15.9. The molecule has 0 fully saturated rings. The monoisotopic (exact) mass is 394 g/mol. The van der Waals surface area contributed by atoms with Gasteiger partial charge in [0.1, 0.15) is 22.9 Å². The van der Waals surface area contributed by atoms with E-state index in [1.807, 2.05) is 13.8 Å². The average Bonchev–Trinajstić information content (AvgIpc) is 3.09. The second-order valence-corrected chi connectivity index (χ2v) is 7.33. The summed E-state index contributed by atoms with van der Waals surface area (Å²) in [6.45, 7) is 8.78. The van der Waals surface area contributed by atoms with Gasteiger partial charge >= 0.3 is 11.7 Å². The number of aryl methyl sites for hydroxylation is 1. The van der Waals surface area contributed by atoms with E-state index in [0.29, 0.717) is 16.3 Å². The summed E-state index contributed by atoms with van der Waals surface area (Å²) < 4.78 is 6.33. The van der Waals surface area contributed by atoms with Gasteiger partial charge in [-0.3, -0.25) is 19.6 Å². The molecule has 0 aliphatic rings. The first-order valence-corrected chi connectivity index (χ1v) is 9.26. The van der Waals surface area contributed by atoms with Crippen LogP contribution in [0.3, 0.4) is 0 Å². The van der Waals surface area contributed by atoms with E-state index < -0.39 is 16.8 Å². The van der Waals surface area contributed by atoms with E-state index in [9.17, 15) is 19.7 Å². The fourth-order valence-electron chi connectivity index (χ4n) is 2.56. The van der Waals surface area contributed by atoms with E-state index in [0.717, 1.165) is 4.88 Å². The molecule has 0 spiro atoms. The summed E-state index contributed by atoms with van der Waals surface area (Å²) in [5.74, 6) is -0.747. The highest BCUT2D eigenvalue weighted by molar-refractivity contribution is 7.16. The molecule has 0 saturated carbocycles. The Morgan fingerprint density at radius 2 is 2.07 bits per heavy atom. The summed E-state index contributed by atoms with van der Waals surface area (Å²) in [5, 5.41) is 18.2. The number of nitrogens with one attached hydrogen (secondary N) is 1. The maximum absolute atomic E-state index is 12.4. The third kappa shape index (κ3) is 4.51. The molecular weight excluding hydrogens is 372 g/mol. The molecule has 2 heterocycles. The van der Waals surface area contributed by atoms with Crippen LogP contribution in [0.4, 0.5) is 10.7 Å². The number of hydrogen-bond acceptors (Lipinski definition) is 7. The minimum atomic E-state index is -0.515. The maximum Gasteiger partial charge on any atom is 0.341 e. The summed E-state index contributed by atoms with van der Waals surface area (Å²) in [4.78, 5) is 36.1. The molecule has 0 aliphatic carbocycles. The Labute approximate surface area is 160 Å². The van der Waals surface area contributed by atoms with Crippen LogP contribution in [0.2, 0.25) is 0 Å². The van der Waals surface area contributed by atoms with E-state index >= 15 is 0 Å². The Hall–Kier alpha value is -2.75. The summed E-state index contributed by atoms with van der Waals surface area (Å²) in [6.07, 6.45) is 0. The summed E-state index contributed by atoms with van der Waals surface area (Å²) in [6, 6.07) is 1.72. The van der Waals surface area contributed by atoms with Crippen LogP contribution in [0.5, 0.6) is 0 Å². The van der Waals surface area contributed by atoms with Gasteiger partial charge in [-0.25, -0.2) is 4.79 Å². The smallest absolute Gasteiger partial charge is 0.341 e. The normalized spacial score (nSPS) is 10.9. The number of thiophene rings is 1. The summed E-state index contributed by atoms with van der Waals surface area (Å²) >= 11 is 1.31. The minimum absolute atomic E-state index is 0.103. The van der Waals surface area contributed by atoms with Crippen molar-refractivity contribution in [3.63, 3.8) is 0 Å². The van der Waals surface area contributed by atoms with Gasteiger partial charge in [-0.2, -0.15) is 5.10 Å². The van der Waals surface area contributed by atoms with Gasteiger partial charge in [-0.1, -0.05) is 13.8 Å². The van der Waals surface area contributed by atoms with Crippen molar-refractivity contribution < 1.29 is 19.2 Å². The van der Waals surface area contributed by atoms with Crippen LogP contribution in [0.1, 0.15) is 53.3 Å². The molecular formula is C17H22N4O5S.